The molecule has 0 bridgehead atoms. The molecule has 1 saturated heterocycles. The molecule has 0 aromatic carbocycles. The standard InChI is InChI=1S/C13H22O/c1-10-3-2-5-13(8-10)6-4-11-7-12(11)9-14-13/h10-12H,2-9H2,1H3/t10-,11-,12-,13+/m1/s1. The lowest BCUT2D eigenvalue weighted by Crippen LogP contribution is -2.37. The van der Waals surface area contributed by atoms with Crippen molar-refractivity contribution in [1.29, 1.82) is 0 Å². The Morgan fingerprint density at radius 2 is 2.07 bits per heavy atom. The van der Waals surface area contributed by atoms with Crippen molar-refractivity contribution in [3.8, 4) is 0 Å². The Morgan fingerprint density at radius 1 is 1.14 bits per heavy atom. The predicted octanol–water partition coefficient (Wildman–Crippen LogP) is 3.38. The van der Waals surface area contributed by atoms with Crippen molar-refractivity contribution < 1.29 is 4.74 Å². The molecule has 2 saturated carbocycles. The lowest BCUT2D eigenvalue weighted by molar-refractivity contribution is -0.0843. The lowest BCUT2D eigenvalue weighted by Gasteiger charge is -2.39. The van der Waals surface area contributed by atoms with Crippen LogP contribution in [-0.2, 0) is 4.74 Å². The van der Waals surface area contributed by atoms with Crippen molar-refractivity contribution in [1.82, 2.24) is 0 Å². The third kappa shape index (κ3) is 1.60. The Morgan fingerprint density at radius 3 is 2.93 bits per heavy atom. The summed E-state index contributed by atoms with van der Waals surface area (Å²) in [7, 11) is 0. The molecule has 1 heterocycles. The topological polar surface area (TPSA) is 9.23 Å². The van der Waals surface area contributed by atoms with Gasteiger partial charge < -0.3 is 4.74 Å². The first-order chi connectivity index (χ1) is 6.77. The average molecular weight is 194 g/mol. The molecule has 4 atom stereocenters. The van der Waals surface area contributed by atoms with Crippen molar-refractivity contribution in [3.63, 3.8) is 0 Å². The van der Waals surface area contributed by atoms with Crippen LogP contribution < -0.4 is 0 Å². The van der Waals surface area contributed by atoms with Crippen LogP contribution in [0.5, 0.6) is 0 Å². The van der Waals surface area contributed by atoms with Crippen LogP contribution in [0.4, 0.5) is 0 Å². The predicted molar refractivity (Wildman–Crippen MR) is 57.1 cm³/mol. The minimum atomic E-state index is 0.324. The molecule has 0 aromatic heterocycles. The number of rotatable bonds is 0. The average Bonchev–Trinajstić information content (AvgIpc) is 2.90. The number of hydrogen-bond acceptors (Lipinski definition) is 1. The third-order valence-corrected chi connectivity index (χ3v) is 4.69. The second-order valence-electron chi connectivity index (χ2n) is 5.99. The fourth-order valence-corrected chi connectivity index (χ4v) is 3.64. The van der Waals surface area contributed by atoms with Gasteiger partial charge in [-0.1, -0.05) is 19.8 Å². The van der Waals surface area contributed by atoms with E-state index in [0.29, 0.717) is 5.60 Å². The van der Waals surface area contributed by atoms with E-state index in [1.807, 2.05) is 0 Å². The molecule has 3 rings (SSSR count). The van der Waals surface area contributed by atoms with Crippen LogP contribution in [0.25, 0.3) is 0 Å². The third-order valence-electron chi connectivity index (χ3n) is 4.69. The van der Waals surface area contributed by atoms with Gasteiger partial charge in [-0.05, 0) is 49.9 Å². The normalized spacial score (nSPS) is 52.5. The maximum Gasteiger partial charge on any atom is 0.0685 e. The second-order valence-corrected chi connectivity index (χ2v) is 5.99. The van der Waals surface area contributed by atoms with Gasteiger partial charge in [0.05, 0.1) is 12.2 Å². The summed E-state index contributed by atoms with van der Waals surface area (Å²) in [6.07, 6.45) is 9.79. The summed E-state index contributed by atoms with van der Waals surface area (Å²) in [6.45, 7) is 3.48. The Bertz CT molecular complexity index is 211. The summed E-state index contributed by atoms with van der Waals surface area (Å²) in [5.41, 5.74) is 0.324. The molecule has 1 spiro atoms. The number of ether oxygens (including phenoxy) is 1. The molecular formula is C13H22O. The van der Waals surface area contributed by atoms with E-state index in [-0.39, 0.29) is 0 Å². The zero-order valence-corrected chi connectivity index (χ0v) is 9.30. The fourth-order valence-electron chi connectivity index (χ4n) is 3.64. The van der Waals surface area contributed by atoms with Crippen LogP contribution in [0.1, 0.15) is 51.9 Å². The first kappa shape index (κ1) is 9.21. The molecule has 3 fully saturated rings. The molecule has 0 aromatic rings. The number of fused-ring (bicyclic) bond motifs is 1. The van der Waals surface area contributed by atoms with Gasteiger partial charge in [-0.25, -0.2) is 0 Å². The minimum Gasteiger partial charge on any atom is -0.375 e. The molecule has 2 aliphatic carbocycles. The van der Waals surface area contributed by atoms with E-state index >= 15 is 0 Å². The van der Waals surface area contributed by atoms with Gasteiger partial charge in [-0.3, -0.25) is 0 Å². The van der Waals surface area contributed by atoms with Gasteiger partial charge >= 0.3 is 0 Å². The maximum atomic E-state index is 6.26. The van der Waals surface area contributed by atoms with Gasteiger partial charge in [-0.15, -0.1) is 0 Å². The largest absolute Gasteiger partial charge is 0.375 e. The molecule has 80 valence electrons. The molecule has 0 radical (unpaired) electrons. The highest BCUT2D eigenvalue weighted by Crippen LogP contribution is 2.50. The molecule has 1 heteroatoms. The van der Waals surface area contributed by atoms with Crippen LogP contribution in [0.2, 0.25) is 0 Å². The molecule has 3 aliphatic rings. The monoisotopic (exact) mass is 194 g/mol. The van der Waals surface area contributed by atoms with Crippen LogP contribution in [0.3, 0.4) is 0 Å². The Labute approximate surface area is 87.2 Å². The quantitative estimate of drug-likeness (QED) is 0.574. The summed E-state index contributed by atoms with van der Waals surface area (Å²) in [4.78, 5) is 0. The van der Waals surface area contributed by atoms with Crippen LogP contribution in [-0.4, -0.2) is 12.2 Å². The van der Waals surface area contributed by atoms with Gasteiger partial charge in [0, 0.05) is 0 Å². The lowest BCUT2D eigenvalue weighted by atomic mass is 9.76. The minimum absolute atomic E-state index is 0.324. The zero-order chi connectivity index (χ0) is 9.60. The second kappa shape index (κ2) is 3.23. The highest BCUT2D eigenvalue weighted by atomic mass is 16.5. The summed E-state index contributed by atoms with van der Waals surface area (Å²) >= 11 is 0. The Balaban J connectivity index is 1.68. The van der Waals surface area contributed by atoms with E-state index in [1.165, 1.54) is 44.9 Å². The molecular weight excluding hydrogens is 172 g/mol. The summed E-state index contributed by atoms with van der Waals surface area (Å²) in [5.74, 6) is 2.90. The van der Waals surface area contributed by atoms with Gasteiger partial charge in [-0.2, -0.15) is 0 Å². The summed E-state index contributed by atoms with van der Waals surface area (Å²) < 4.78 is 6.26. The van der Waals surface area contributed by atoms with Gasteiger partial charge in [0.1, 0.15) is 0 Å². The van der Waals surface area contributed by atoms with Crippen molar-refractivity contribution in [2.24, 2.45) is 17.8 Å². The molecule has 14 heavy (non-hydrogen) atoms. The maximum absolute atomic E-state index is 6.26. The van der Waals surface area contributed by atoms with Gasteiger partial charge in [0.25, 0.3) is 0 Å². The van der Waals surface area contributed by atoms with E-state index in [9.17, 15) is 0 Å². The highest BCUT2D eigenvalue weighted by Gasteiger charge is 2.46. The van der Waals surface area contributed by atoms with E-state index in [2.05, 4.69) is 6.92 Å². The van der Waals surface area contributed by atoms with Crippen LogP contribution >= 0.6 is 0 Å². The summed E-state index contributed by atoms with van der Waals surface area (Å²) in [6, 6.07) is 0. The molecule has 0 N–H and O–H groups in total. The van der Waals surface area contributed by atoms with Crippen molar-refractivity contribution >= 4 is 0 Å². The van der Waals surface area contributed by atoms with E-state index in [1.54, 1.807) is 0 Å². The van der Waals surface area contributed by atoms with Crippen LogP contribution in [0.15, 0.2) is 0 Å². The smallest absolute Gasteiger partial charge is 0.0685 e. The molecule has 0 unspecified atom stereocenters. The fraction of sp³-hybridized carbons (Fsp3) is 1.00. The van der Waals surface area contributed by atoms with Crippen LogP contribution in [0, 0.1) is 17.8 Å². The molecule has 0 amide bonds. The van der Waals surface area contributed by atoms with Crippen molar-refractivity contribution in [3.05, 3.63) is 0 Å². The van der Waals surface area contributed by atoms with Gasteiger partial charge in [0.15, 0.2) is 0 Å². The van der Waals surface area contributed by atoms with E-state index in [0.717, 1.165) is 24.4 Å². The van der Waals surface area contributed by atoms with Crippen molar-refractivity contribution in [2.45, 2.75) is 57.5 Å². The Kier molecular flexibility index (Phi) is 2.12. The van der Waals surface area contributed by atoms with E-state index < -0.39 is 0 Å². The first-order valence-electron chi connectivity index (χ1n) is 6.41. The SMILES string of the molecule is C[C@@H]1CCC[C@]2(CC[C@@H]3C[C@@H]3CO2)C1. The molecule has 1 aliphatic heterocycles. The first-order valence-corrected chi connectivity index (χ1v) is 6.41. The van der Waals surface area contributed by atoms with Crippen molar-refractivity contribution in [2.75, 3.05) is 6.61 Å². The Hall–Kier alpha value is -0.0400. The molecule has 1 nitrogen and oxygen atoms in total. The highest BCUT2D eigenvalue weighted by molar-refractivity contribution is 4.96. The zero-order valence-electron chi connectivity index (χ0n) is 9.30. The number of hydrogen-bond donors (Lipinski definition) is 0. The summed E-state index contributed by atoms with van der Waals surface area (Å²) in [5, 5.41) is 0. The van der Waals surface area contributed by atoms with Gasteiger partial charge in [0.2, 0.25) is 0 Å². The van der Waals surface area contributed by atoms with E-state index in [4.69, 9.17) is 4.74 Å².